The number of hydrogen-bond donors (Lipinski definition) is 0. The first-order valence-electron chi connectivity index (χ1n) is 8.74. The molecule has 1 aliphatic rings. The summed E-state index contributed by atoms with van der Waals surface area (Å²) in [6.45, 7) is 4.53. The highest BCUT2D eigenvalue weighted by molar-refractivity contribution is 5.51. The molecule has 3 aromatic rings. The number of benzene rings is 2. The van der Waals surface area contributed by atoms with Gasteiger partial charge in [0.25, 0.3) is 0 Å². The zero-order valence-electron chi connectivity index (χ0n) is 14.2. The Morgan fingerprint density at radius 1 is 0.720 bits per heavy atom. The summed E-state index contributed by atoms with van der Waals surface area (Å²) in [7, 11) is 0. The minimum atomic E-state index is -0.106. The summed E-state index contributed by atoms with van der Waals surface area (Å²) in [5.41, 5.74) is 3.21. The van der Waals surface area contributed by atoms with Crippen molar-refractivity contribution in [1.29, 1.82) is 0 Å². The van der Waals surface area contributed by atoms with Gasteiger partial charge in [-0.2, -0.15) is 0 Å². The van der Waals surface area contributed by atoms with E-state index in [1.54, 1.807) is 6.07 Å². The molecule has 25 heavy (non-hydrogen) atoms. The largest absolute Gasteiger partial charge is 0.369 e. The smallest absolute Gasteiger partial charge is 0.127 e. The van der Waals surface area contributed by atoms with Gasteiger partial charge in [-0.3, -0.25) is 4.90 Å². The first kappa shape index (κ1) is 15.9. The Labute approximate surface area is 147 Å². The van der Waals surface area contributed by atoms with Gasteiger partial charge in [-0.25, -0.2) is 4.39 Å². The van der Waals surface area contributed by atoms with Crippen LogP contribution in [0.15, 0.2) is 73.1 Å². The highest BCUT2D eigenvalue weighted by atomic mass is 19.1. The van der Waals surface area contributed by atoms with Gasteiger partial charge in [0, 0.05) is 62.1 Å². The molecule has 1 aliphatic heterocycles. The van der Waals surface area contributed by atoms with E-state index < -0.39 is 0 Å². The Morgan fingerprint density at radius 3 is 2.04 bits per heavy atom. The van der Waals surface area contributed by atoms with Crippen molar-refractivity contribution in [2.75, 3.05) is 31.1 Å². The average molecular weight is 335 g/mol. The van der Waals surface area contributed by atoms with Crippen LogP contribution in [0.4, 0.5) is 10.1 Å². The van der Waals surface area contributed by atoms with E-state index in [9.17, 15) is 4.39 Å². The van der Waals surface area contributed by atoms with Gasteiger partial charge in [0.2, 0.25) is 0 Å². The molecule has 0 bridgehead atoms. The number of nitrogens with zero attached hydrogens (tertiary/aromatic N) is 3. The van der Waals surface area contributed by atoms with Gasteiger partial charge >= 0.3 is 0 Å². The fourth-order valence-corrected chi connectivity index (χ4v) is 3.37. The van der Waals surface area contributed by atoms with Crippen molar-refractivity contribution in [3.8, 4) is 5.69 Å². The number of halogens is 1. The number of hydrogen-bond acceptors (Lipinski definition) is 2. The zero-order chi connectivity index (χ0) is 17.1. The quantitative estimate of drug-likeness (QED) is 0.715. The van der Waals surface area contributed by atoms with Gasteiger partial charge in [0.15, 0.2) is 0 Å². The van der Waals surface area contributed by atoms with Crippen LogP contribution in [0.2, 0.25) is 0 Å². The number of piperazine rings is 1. The molecule has 1 aromatic heterocycles. The fraction of sp³-hybridized carbons (Fsp3) is 0.238. The molecule has 3 nitrogen and oxygen atoms in total. The van der Waals surface area contributed by atoms with E-state index in [1.165, 1.54) is 17.4 Å². The second-order valence-corrected chi connectivity index (χ2v) is 6.46. The van der Waals surface area contributed by atoms with Gasteiger partial charge in [-0.15, -0.1) is 0 Å². The van der Waals surface area contributed by atoms with Crippen molar-refractivity contribution in [3.05, 3.63) is 84.4 Å². The van der Waals surface area contributed by atoms with E-state index in [1.807, 2.05) is 24.3 Å². The van der Waals surface area contributed by atoms with Crippen molar-refractivity contribution in [1.82, 2.24) is 9.47 Å². The SMILES string of the molecule is Fc1ccccc1CN1CCN(c2ccc(-n3cccc3)cc2)CC1. The average Bonchev–Trinajstić information content (AvgIpc) is 3.19. The maximum absolute atomic E-state index is 13.8. The van der Waals surface area contributed by atoms with Crippen molar-refractivity contribution in [3.63, 3.8) is 0 Å². The molecule has 0 saturated carbocycles. The minimum absolute atomic E-state index is 0.106. The van der Waals surface area contributed by atoms with Crippen LogP contribution in [0.3, 0.4) is 0 Å². The lowest BCUT2D eigenvalue weighted by molar-refractivity contribution is 0.246. The second kappa shape index (κ2) is 7.11. The van der Waals surface area contributed by atoms with Crippen LogP contribution in [0, 0.1) is 5.82 Å². The van der Waals surface area contributed by atoms with Crippen molar-refractivity contribution in [2.45, 2.75) is 6.54 Å². The molecule has 4 rings (SSSR count). The Kier molecular flexibility index (Phi) is 4.53. The lowest BCUT2D eigenvalue weighted by atomic mass is 10.1. The molecule has 0 spiro atoms. The maximum Gasteiger partial charge on any atom is 0.127 e. The van der Waals surface area contributed by atoms with E-state index >= 15 is 0 Å². The fourth-order valence-electron chi connectivity index (χ4n) is 3.37. The van der Waals surface area contributed by atoms with Crippen LogP contribution in [0.5, 0.6) is 0 Å². The molecule has 0 atom stereocenters. The number of rotatable bonds is 4. The highest BCUT2D eigenvalue weighted by Crippen LogP contribution is 2.20. The van der Waals surface area contributed by atoms with Gasteiger partial charge < -0.3 is 9.47 Å². The highest BCUT2D eigenvalue weighted by Gasteiger charge is 2.18. The number of aromatic nitrogens is 1. The standard InChI is InChI=1S/C21H22FN3/c22-21-6-2-1-5-18(21)17-23-13-15-25(16-14-23)20-9-7-19(8-10-20)24-11-3-4-12-24/h1-12H,13-17H2. The third-order valence-corrected chi connectivity index (χ3v) is 4.84. The van der Waals surface area contributed by atoms with Crippen LogP contribution in [-0.4, -0.2) is 35.6 Å². The van der Waals surface area contributed by atoms with Gasteiger partial charge in [-0.1, -0.05) is 18.2 Å². The van der Waals surface area contributed by atoms with E-state index in [0.717, 1.165) is 31.7 Å². The van der Waals surface area contributed by atoms with Gasteiger partial charge in [0.1, 0.15) is 5.82 Å². The van der Waals surface area contributed by atoms with Crippen LogP contribution >= 0.6 is 0 Å². The van der Waals surface area contributed by atoms with Gasteiger partial charge in [-0.05, 0) is 42.5 Å². The second-order valence-electron chi connectivity index (χ2n) is 6.46. The summed E-state index contributed by atoms with van der Waals surface area (Å²) in [5.74, 6) is -0.106. The topological polar surface area (TPSA) is 11.4 Å². The zero-order valence-corrected chi connectivity index (χ0v) is 14.2. The molecule has 0 N–H and O–H groups in total. The molecule has 0 unspecified atom stereocenters. The van der Waals surface area contributed by atoms with Crippen LogP contribution in [0.1, 0.15) is 5.56 Å². The summed E-state index contributed by atoms with van der Waals surface area (Å²) in [6, 6.07) is 19.8. The molecule has 1 fully saturated rings. The Hall–Kier alpha value is -2.59. The van der Waals surface area contributed by atoms with Crippen molar-refractivity contribution >= 4 is 5.69 Å². The molecule has 1 saturated heterocycles. The first-order chi connectivity index (χ1) is 12.3. The summed E-state index contributed by atoms with van der Waals surface area (Å²) < 4.78 is 15.9. The lowest BCUT2D eigenvalue weighted by Crippen LogP contribution is -2.46. The molecule has 0 amide bonds. The molecule has 0 aliphatic carbocycles. The molecule has 2 heterocycles. The van der Waals surface area contributed by atoms with E-state index in [4.69, 9.17) is 0 Å². The predicted molar refractivity (Wildman–Crippen MR) is 99.7 cm³/mol. The Bertz CT molecular complexity index is 803. The summed E-state index contributed by atoms with van der Waals surface area (Å²) in [6.07, 6.45) is 4.10. The molecule has 2 aromatic carbocycles. The molecular weight excluding hydrogens is 313 g/mol. The van der Waals surface area contributed by atoms with Crippen molar-refractivity contribution in [2.24, 2.45) is 0 Å². The van der Waals surface area contributed by atoms with Crippen LogP contribution in [0.25, 0.3) is 5.69 Å². The van der Waals surface area contributed by atoms with E-state index in [2.05, 4.69) is 51.0 Å². The molecule has 128 valence electrons. The summed E-state index contributed by atoms with van der Waals surface area (Å²) >= 11 is 0. The Balaban J connectivity index is 1.36. The molecule has 0 radical (unpaired) electrons. The summed E-state index contributed by atoms with van der Waals surface area (Å²) in [5, 5.41) is 0. The van der Waals surface area contributed by atoms with E-state index in [0.29, 0.717) is 6.54 Å². The third kappa shape index (κ3) is 3.59. The molecular formula is C21H22FN3. The van der Waals surface area contributed by atoms with Gasteiger partial charge in [0.05, 0.1) is 0 Å². The van der Waals surface area contributed by atoms with Crippen LogP contribution in [-0.2, 0) is 6.54 Å². The minimum Gasteiger partial charge on any atom is -0.369 e. The predicted octanol–water partition coefficient (Wildman–Crippen LogP) is 3.94. The monoisotopic (exact) mass is 335 g/mol. The summed E-state index contributed by atoms with van der Waals surface area (Å²) in [4.78, 5) is 4.72. The third-order valence-electron chi connectivity index (χ3n) is 4.84. The van der Waals surface area contributed by atoms with E-state index in [-0.39, 0.29) is 5.82 Å². The normalized spacial score (nSPS) is 15.5. The maximum atomic E-state index is 13.8. The first-order valence-corrected chi connectivity index (χ1v) is 8.74. The van der Waals surface area contributed by atoms with Crippen LogP contribution < -0.4 is 4.90 Å². The lowest BCUT2D eigenvalue weighted by Gasteiger charge is -2.36. The molecule has 4 heteroatoms. The number of anilines is 1. The Morgan fingerprint density at radius 2 is 1.36 bits per heavy atom. The van der Waals surface area contributed by atoms with Crippen molar-refractivity contribution < 1.29 is 4.39 Å².